The van der Waals surface area contributed by atoms with Gasteiger partial charge >= 0.3 is 0 Å². The van der Waals surface area contributed by atoms with E-state index in [4.69, 9.17) is 0 Å². The Kier molecular flexibility index (Phi) is 4.82. The van der Waals surface area contributed by atoms with Crippen molar-refractivity contribution in [3.8, 4) is 0 Å². The molecule has 7 heteroatoms. The van der Waals surface area contributed by atoms with E-state index in [9.17, 15) is 8.42 Å². The first-order chi connectivity index (χ1) is 9.40. The van der Waals surface area contributed by atoms with E-state index in [1.54, 1.807) is 13.8 Å². The molecule has 114 valence electrons. The number of nitrogens with one attached hydrogen (secondary N) is 2. The molecule has 2 heterocycles. The van der Waals surface area contributed by atoms with Crippen LogP contribution in [0.4, 0.5) is 0 Å². The summed E-state index contributed by atoms with van der Waals surface area (Å²) in [5.74, 6) is 0.301. The first-order valence-corrected chi connectivity index (χ1v) is 8.62. The lowest BCUT2D eigenvalue weighted by Gasteiger charge is -2.20. The molecule has 0 radical (unpaired) electrons. The Hall–Kier alpha value is -0.920. The third-order valence-electron chi connectivity index (χ3n) is 3.72. The van der Waals surface area contributed by atoms with Gasteiger partial charge in [-0.1, -0.05) is 6.92 Å². The Morgan fingerprint density at radius 2 is 2.00 bits per heavy atom. The number of aromatic amines is 1. The Labute approximate surface area is 121 Å². The Morgan fingerprint density at radius 3 is 2.55 bits per heavy atom. The second-order valence-electron chi connectivity index (χ2n) is 5.73. The lowest BCUT2D eigenvalue weighted by molar-refractivity contribution is 0.288. The van der Waals surface area contributed by atoms with E-state index < -0.39 is 10.0 Å². The van der Waals surface area contributed by atoms with Gasteiger partial charge in [-0.25, -0.2) is 13.1 Å². The van der Waals surface area contributed by atoms with Gasteiger partial charge < -0.3 is 4.90 Å². The quantitative estimate of drug-likeness (QED) is 0.823. The molecule has 1 fully saturated rings. The monoisotopic (exact) mass is 300 g/mol. The van der Waals surface area contributed by atoms with Crippen LogP contribution in [0.2, 0.25) is 0 Å². The molecule has 0 bridgehead atoms. The summed E-state index contributed by atoms with van der Waals surface area (Å²) in [7, 11) is -3.47. The van der Waals surface area contributed by atoms with E-state index in [-0.39, 0.29) is 4.90 Å². The summed E-state index contributed by atoms with van der Waals surface area (Å²) in [6.45, 7) is 9.19. The number of hydrogen-bond donors (Lipinski definition) is 2. The first-order valence-electron chi connectivity index (χ1n) is 7.13. The number of nitrogens with zero attached hydrogens (tertiary/aromatic N) is 2. The third-order valence-corrected chi connectivity index (χ3v) is 5.41. The van der Waals surface area contributed by atoms with Gasteiger partial charge in [0.25, 0.3) is 0 Å². The molecule has 1 saturated heterocycles. The summed E-state index contributed by atoms with van der Waals surface area (Å²) < 4.78 is 27.3. The molecule has 0 saturated carbocycles. The number of sulfonamides is 1. The Morgan fingerprint density at radius 1 is 1.35 bits per heavy atom. The fourth-order valence-electron chi connectivity index (χ4n) is 2.73. The van der Waals surface area contributed by atoms with Gasteiger partial charge in [0.1, 0.15) is 4.90 Å². The van der Waals surface area contributed by atoms with Gasteiger partial charge in [-0.15, -0.1) is 0 Å². The fraction of sp³-hybridized carbons (Fsp3) is 0.769. The van der Waals surface area contributed by atoms with Crippen LogP contribution < -0.4 is 4.72 Å². The van der Waals surface area contributed by atoms with Crippen molar-refractivity contribution >= 4 is 10.0 Å². The van der Waals surface area contributed by atoms with Crippen molar-refractivity contribution in [2.24, 2.45) is 5.92 Å². The van der Waals surface area contributed by atoms with Crippen LogP contribution >= 0.6 is 0 Å². The van der Waals surface area contributed by atoms with Crippen LogP contribution in [0.15, 0.2) is 4.90 Å². The molecule has 1 aliphatic rings. The number of H-pyrrole nitrogens is 1. The predicted molar refractivity (Wildman–Crippen MR) is 78.1 cm³/mol. The Bertz CT molecular complexity index is 527. The van der Waals surface area contributed by atoms with E-state index in [2.05, 4.69) is 26.7 Å². The maximum atomic E-state index is 12.3. The predicted octanol–water partition coefficient (Wildman–Crippen LogP) is 1.04. The van der Waals surface area contributed by atoms with Crippen LogP contribution in [0.1, 0.15) is 31.2 Å². The molecule has 0 aromatic carbocycles. The molecule has 0 spiro atoms. The average molecular weight is 300 g/mol. The highest BCUT2D eigenvalue weighted by molar-refractivity contribution is 7.89. The lowest BCUT2D eigenvalue weighted by Crippen LogP contribution is -2.34. The van der Waals surface area contributed by atoms with E-state index >= 15 is 0 Å². The molecular formula is C13H24N4O2S. The fourth-order valence-corrected chi connectivity index (χ4v) is 4.26. The molecule has 6 nitrogen and oxygen atoms in total. The standard InChI is InChI=1S/C13H24N4O2S/c1-10(9-17-6-4-5-7-17)8-14-20(18,19)13-11(2)15-16-12(13)3/h10,14H,4-9H2,1-3H3,(H,15,16). The minimum absolute atomic E-state index is 0.283. The van der Waals surface area contributed by atoms with Gasteiger partial charge in [-0.2, -0.15) is 5.10 Å². The molecule has 1 atom stereocenters. The molecule has 20 heavy (non-hydrogen) atoms. The van der Waals surface area contributed by atoms with Crippen molar-refractivity contribution in [3.63, 3.8) is 0 Å². The number of aromatic nitrogens is 2. The minimum atomic E-state index is -3.47. The zero-order chi connectivity index (χ0) is 14.8. The zero-order valence-corrected chi connectivity index (χ0v) is 13.3. The van der Waals surface area contributed by atoms with Crippen molar-refractivity contribution in [1.29, 1.82) is 0 Å². The van der Waals surface area contributed by atoms with Crippen molar-refractivity contribution in [1.82, 2.24) is 19.8 Å². The molecule has 0 amide bonds. The summed E-state index contributed by atoms with van der Waals surface area (Å²) in [5, 5.41) is 6.65. The van der Waals surface area contributed by atoms with E-state index in [0.717, 1.165) is 19.6 Å². The topological polar surface area (TPSA) is 78.1 Å². The first kappa shape index (κ1) is 15.5. The van der Waals surface area contributed by atoms with Crippen molar-refractivity contribution in [2.45, 2.75) is 38.5 Å². The average Bonchev–Trinajstić information content (AvgIpc) is 2.97. The Balaban J connectivity index is 1.92. The highest BCUT2D eigenvalue weighted by Gasteiger charge is 2.23. The number of likely N-dealkylation sites (tertiary alicyclic amines) is 1. The van der Waals surface area contributed by atoms with Gasteiger partial charge in [0.05, 0.1) is 11.4 Å². The summed E-state index contributed by atoms with van der Waals surface area (Å²) in [4.78, 5) is 2.68. The number of hydrogen-bond acceptors (Lipinski definition) is 4. The van der Waals surface area contributed by atoms with Crippen LogP contribution in [0, 0.1) is 19.8 Å². The van der Waals surface area contributed by atoms with Gasteiger partial charge in [0, 0.05) is 13.1 Å². The number of rotatable bonds is 6. The summed E-state index contributed by atoms with van der Waals surface area (Å²) in [6, 6.07) is 0. The summed E-state index contributed by atoms with van der Waals surface area (Å²) in [5.41, 5.74) is 1.10. The zero-order valence-electron chi connectivity index (χ0n) is 12.4. The normalized spacial score (nSPS) is 18.6. The smallest absolute Gasteiger partial charge is 0.244 e. The third kappa shape index (κ3) is 3.59. The maximum Gasteiger partial charge on any atom is 0.244 e. The molecule has 2 rings (SSSR count). The lowest BCUT2D eigenvalue weighted by atomic mass is 10.2. The second-order valence-corrected chi connectivity index (χ2v) is 7.43. The van der Waals surface area contributed by atoms with Gasteiger partial charge in [-0.05, 0) is 45.7 Å². The van der Waals surface area contributed by atoms with Crippen molar-refractivity contribution < 1.29 is 8.42 Å². The van der Waals surface area contributed by atoms with E-state index in [1.165, 1.54) is 12.8 Å². The summed E-state index contributed by atoms with van der Waals surface area (Å²) in [6.07, 6.45) is 2.51. The SMILES string of the molecule is Cc1n[nH]c(C)c1S(=O)(=O)NCC(C)CN1CCCC1. The molecule has 2 N–H and O–H groups in total. The molecule has 0 aliphatic carbocycles. The summed E-state index contributed by atoms with van der Waals surface area (Å²) >= 11 is 0. The van der Waals surface area contributed by atoms with Crippen LogP contribution in [0.5, 0.6) is 0 Å². The van der Waals surface area contributed by atoms with Gasteiger partial charge in [0.2, 0.25) is 10.0 Å². The highest BCUT2D eigenvalue weighted by atomic mass is 32.2. The van der Waals surface area contributed by atoms with Crippen LogP contribution in [-0.2, 0) is 10.0 Å². The van der Waals surface area contributed by atoms with Gasteiger partial charge in [0.15, 0.2) is 0 Å². The minimum Gasteiger partial charge on any atom is -0.303 e. The second kappa shape index (κ2) is 6.24. The molecule has 1 aromatic rings. The van der Waals surface area contributed by atoms with Gasteiger partial charge in [-0.3, -0.25) is 5.10 Å². The van der Waals surface area contributed by atoms with E-state index in [1.807, 2.05) is 0 Å². The number of aryl methyl sites for hydroxylation is 2. The maximum absolute atomic E-state index is 12.3. The molecule has 1 aromatic heterocycles. The highest BCUT2D eigenvalue weighted by Crippen LogP contribution is 2.16. The molecular weight excluding hydrogens is 276 g/mol. The van der Waals surface area contributed by atoms with Crippen LogP contribution in [-0.4, -0.2) is 49.7 Å². The van der Waals surface area contributed by atoms with Crippen LogP contribution in [0.25, 0.3) is 0 Å². The van der Waals surface area contributed by atoms with Crippen molar-refractivity contribution in [3.05, 3.63) is 11.4 Å². The molecule has 1 aliphatic heterocycles. The van der Waals surface area contributed by atoms with Crippen molar-refractivity contribution in [2.75, 3.05) is 26.2 Å². The van der Waals surface area contributed by atoms with Crippen LogP contribution in [0.3, 0.4) is 0 Å². The largest absolute Gasteiger partial charge is 0.303 e. The van der Waals surface area contributed by atoms with E-state index in [0.29, 0.717) is 23.9 Å². The molecule has 1 unspecified atom stereocenters.